The molecule has 13 heavy (non-hydrogen) atoms. The Balaban J connectivity index is 2.86. The molecule has 1 aromatic rings. The van der Waals surface area contributed by atoms with E-state index in [9.17, 15) is 0 Å². The van der Waals surface area contributed by atoms with Gasteiger partial charge in [0.15, 0.2) is 0 Å². The molecule has 0 aliphatic heterocycles. The summed E-state index contributed by atoms with van der Waals surface area (Å²) in [4.78, 5) is 10.6. The van der Waals surface area contributed by atoms with Gasteiger partial charge >= 0.3 is 0 Å². The number of aromatic nitrogens is 2. The number of rotatable bonds is 4. The molecule has 1 aromatic heterocycles. The Labute approximate surface area is 83.8 Å². The first-order valence-corrected chi connectivity index (χ1v) is 4.98. The van der Waals surface area contributed by atoms with Crippen LogP contribution in [0.5, 0.6) is 0 Å². The van der Waals surface area contributed by atoms with Crippen molar-refractivity contribution in [3.05, 3.63) is 18.0 Å². The summed E-state index contributed by atoms with van der Waals surface area (Å²) in [5.41, 5.74) is 0.874. The van der Waals surface area contributed by atoms with E-state index in [4.69, 9.17) is 11.6 Å². The minimum absolute atomic E-state index is 0.441. The highest BCUT2D eigenvalue weighted by Gasteiger charge is 2.04. The van der Waals surface area contributed by atoms with Gasteiger partial charge in [-0.3, -0.25) is 0 Å². The van der Waals surface area contributed by atoms with E-state index in [0.717, 1.165) is 24.7 Å². The number of nitrogens with zero attached hydrogens (tertiary/aromatic N) is 3. The fourth-order valence-corrected chi connectivity index (χ4v) is 1.27. The van der Waals surface area contributed by atoms with E-state index in [1.54, 1.807) is 6.20 Å². The second kappa shape index (κ2) is 5.02. The van der Waals surface area contributed by atoms with Gasteiger partial charge in [0.25, 0.3) is 0 Å². The highest BCUT2D eigenvalue weighted by molar-refractivity contribution is 6.16. The normalized spacial score (nSPS) is 10.1. The van der Waals surface area contributed by atoms with Crippen molar-refractivity contribution < 1.29 is 0 Å². The maximum atomic E-state index is 5.68. The lowest BCUT2D eigenvalue weighted by Gasteiger charge is -2.18. The molecule has 0 aliphatic rings. The summed E-state index contributed by atoms with van der Waals surface area (Å²) in [6.45, 7) is 6.00. The van der Waals surface area contributed by atoms with Gasteiger partial charge in [0.05, 0.1) is 11.6 Å². The van der Waals surface area contributed by atoms with Crippen LogP contribution < -0.4 is 4.90 Å². The molecular weight excluding hydrogens is 186 g/mol. The second-order valence-electron chi connectivity index (χ2n) is 2.65. The van der Waals surface area contributed by atoms with Gasteiger partial charge in [-0.2, -0.15) is 0 Å². The lowest BCUT2D eigenvalue weighted by atomic mass is 10.4. The third-order valence-corrected chi connectivity index (χ3v) is 2.16. The molecule has 0 saturated heterocycles. The smallest absolute Gasteiger partial charge is 0.225 e. The molecule has 0 radical (unpaired) electrons. The van der Waals surface area contributed by atoms with Crippen molar-refractivity contribution in [2.24, 2.45) is 0 Å². The predicted octanol–water partition coefficient (Wildman–Crippen LogP) is 2.06. The van der Waals surface area contributed by atoms with Crippen molar-refractivity contribution in [2.45, 2.75) is 19.7 Å². The van der Waals surface area contributed by atoms with E-state index in [0.29, 0.717) is 5.88 Å². The molecule has 0 fully saturated rings. The van der Waals surface area contributed by atoms with Gasteiger partial charge in [0.2, 0.25) is 5.95 Å². The van der Waals surface area contributed by atoms with Crippen LogP contribution in [0.25, 0.3) is 0 Å². The molecule has 0 unspecified atom stereocenters. The van der Waals surface area contributed by atoms with Gasteiger partial charge in [-0.1, -0.05) is 0 Å². The number of hydrogen-bond acceptors (Lipinski definition) is 3. The predicted molar refractivity (Wildman–Crippen MR) is 55.2 cm³/mol. The van der Waals surface area contributed by atoms with Crippen molar-refractivity contribution >= 4 is 17.5 Å². The number of alkyl halides is 1. The van der Waals surface area contributed by atoms with Crippen LogP contribution in [-0.2, 0) is 5.88 Å². The molecular formula is C9H14ClN3. The molecule has 3 nitrogen and oxygen atoms in total. The Hall–Kier alpha value is -0.830. The molecule has 0 aliphatic carbocycles. The van der Waals surface area contributed by atoms with E-state index in [1.165, 1.54) is 0 Å². The summed E-state index contributed by atoms with van der Waals surface area (Å²) in [6.07, 6.45) is 1.75. The van der Waals surface area contributed by atoms with Gasteiger partial charge in [-0.15, -0.1) is 11.6 Å². The molecule has 0 bridgehead atoms. The first-order chi connectivity index (χ1) is 6.31. The topological polar surface area (TPSA) is 29.0 Å². The van der Waals surface area contributed by atoms with Crippen LogP contribution in [0.15, 0.2) is 12.3 Å². The maximum Gasteiger partial charge on any atom is 0.225 e. The maximum absolute atomic E-state index is 5.68. The monoisotopic (exact) mass is 199 g/mol. The zero-order chi connectivity index (χ0) is 9.68. The van der Waals surface area contributed by atoms with Crippen LogP contribution in [0.4, 0.5) is 5.95 Å². The minimum Gasteiger partial charge on any atom is -0.341 e. The van der Waals surface area contributed by atoms with Crippen LogP contribution in [-0.4, -0.2) is 23.1 Å². The van der Waals surface area contributed by atoms with E-state index >= 15 is 0 Å². The summed E-state index contributed by atoms with van der Waals surface area (Å²) in [5, 5.41) is 0. The first kappa shape index (κ1) is 10.3. The lowest BCUT2D eigenvalue weighted by molar-refractivity contribution is 0.815. The lowest BCUT2D eigenvalue weighted by Crippen LogP contribution is -2.24. The standard InChI is InChI=1S/C9H14ClN3/c1-3-13(4-2)9-11-6-5-8(7-10)12-9/h5-6H,3-4,7H2,1-2H3. The molecule has 0 spiro atoms. The van der Waals surface area contributed by atoms with E-state index < -0.39 is 0 Å². The van der Waals surface area contributed by atoms with Crippen LogP contribution in [0.2, 0.25) is 0 Å². The van der Waals surface area contributed by atoms with E-state index in [1.807, 2.05) is 6.07 Å². The molecule has 72 valence electrons. The highest BCUT2D eigenvalue weighted by atomic mass is 35.5. The van der Waals surface area contributed by atoms with Gasteiger partial charge in [0, 0.05) is 19.3 Å². The molecule has 0 amide bonds. The summed E-state index contributed by atoms with van der Waals surface area (Å²) >= 11 is 5.68. The van der Waals surface area contributed by atoms with Crippen LogP contribution in [0.3, 0.4) is 0 Å². The zero-order valence-corrected chi connectivity index (χ0v) is 8.75. The van der Waals surface area contributed by atoms with E-state index in [-0.39, 0.29) is 0 Å². The Morgan fingerprint density at radius 3 is 2.62 bits per heavy atom. The third-order valence-electron chi connectivity index (χ3n) is 1.88. The average molecular weight is 200 g/mol. The third kappa shape index (κ3) is 2.56. The summed E-state index contributed by atoms with van der Waals surface area (Å²) in [7, 11) is 0. The van der Waals surface area contributed by atoms with Crippen molar-refractivity contribution in [1.82, 2.24) is 9.97 Å². The van der Waals surface area contributed by atoms with Gasteiger partial charge in [-0.05, 0) is 19.9 Å². The molecule has 0 aromatic carbocycles. The molecule has 1 heterocycles. The van der Waals surface area contributed by atoms with Crippen molar-refractivity contribution in [1.29, 1.82) is 0 Å². The Bertz CT molecular complexity index is 261. The zero-order valence-electron chi connectivity index (χ0n) is 8.00. The fraction of sp³-hybridized carbons (Fsp3) is 0.556. The first-order valence-electron chi connectivity index (χ1n) is 4.44. The van der Waals surface area contributed by atoms with Gasteiger partial charge in [-0.25, -0.2) is 9.97 Å². The Kier molecular flexibility index (Phi) is 3.96. The van der Waals surface area contributed by atoms with Crippen molar-refractivity contribution in [3.63, 3.8) is 0 Å². The molecule has 4 heteroatoms. The summed E-state index contributed by atoms with van der Waals surface area (Å²) in [5.74, 6) is 1.21. The molecule has 0 atom stereocenters. The Morgan fingerprint density at radius 2 is 2.08 bits per heavy atom. The SMILES string of the molecule is CCN(CC)c1nccc(CCl)n1. The number of hydrogen-bond donors (Lipinski definition) is 0. The van der Waals surface area contributed by atoms with E-state index in [2.05, 4.69) is 28.7 Å². The van der Waals surface area contributed by atoms with Crippen LogP contribution >= 0.6 is 11.6 Å². The van der Waals surface area contributed by atoms with Crippen LogP contribution in [0.1, 0.15) is 19.5 Å². The van der Waals surface area contributed by atoms with Gasteiger partial charge < -0.3 is 4.90 Å². The van der Waals surface area contributed by atoms with Crippen LogP contribution in [0, 0.1) is 0 Å². The average Bonchev–Trinajstić information content (AvgIpc) is 2.20. The van der Waals surface area contributed by atoms with Crippen molar-refractivity contribution in [3.8, 4) is 0 Å². The molecule has 1 rings (SSSR count). The quantitative estimate of drug-likeness (QED) is 0.696. The summed E-state index contributed by atoms with van der Waals surface area (Å²) in [6, 6.07) is 1.83. The minimum atomic E-state index is 0.441. The second-order valence-corrected chi connectivity index (χ2v) is 2.92. The molecule has 0 N–H and O–H groups in total. The Morgan fingerprint density at radius 1 is 1.38 bits per heavy atom. The fourth-order valence-electron chi connectivity index (χ4n) is 1.12. The molecule has 0 saturated carbocycles. The van der Waals surface area contributed by atoms with Crippen molar-refractivity contribution in [2.75, 3.05) is 18.0 Å². The highest BCUT2D eigenvalue weighted by Crippen LogP contribution is 2.07. The number of halogens is 1. The summed E-state index contributed by atoms with van der Waals surface area (Å²) < 4.78 is 0. The largest absolute Gasteiger partial charge is 0.341 e. The van der Waals surface area contributed by atoms with Gasteiger partial charge in [0.1, 0.15) is 0 Å². The number of anilines is 1.